The van der Waals surface area contributed by atoms with Gasteiger partial charge in [-0.2, -0.15) is 0 Å². The fourth-order valence-corrected chi connectivity index (χ4v) is 1.89. The Morgan fingerprint density at radius 2 is 2.50 bits per heavy atom. The van der Waals surface area contributed by atoms with Crippen molar-refractivity contribution in [1.29, 1.82) is 0 Å². The Kier molecular flexibility index (Phi) is 4.99. The number of likely N-dealkylation sites (N-methyl/N-ethyl adjacent to an activating group) is 1. The summed E-state index contributed by atoms with van der Waals surface area (Å²) in [6, 6.07) is 3.93. The highest BCUT2D eigenvalue weighted by molar-refractivity contribution is 5.94. The van der Waals surface area contributed by atoms with E-state index >= 15 is 0 Å². The molecule has 0 radical (unpaired) electrons. The maximum absolute atomic E-state index is 11.7. The molecule has 5 heteroatoms. The third-order valence-corrected chi connectivity index (χ3v) is 2.85. The van der Waals surface area contributed by atoms with Crippen LogP contribution in [0.25, 0.3) is 0 Å². The minimum absolute atomic E-state index is 0. The van der Waals surface area contributed by atoms with Crippen molar-refractivity contribution < 1.29 is 9.21 Å². The fraction of sp³-hybridized carbons (Fsp3) is 0.545. The summed E-state index contributed by atoms with van der Waals surface area (Å²) in [5.41, 5.74) is 0. The number of nitrogens with zero attached hydrogens (tertiary/aromatic N) is 1. The van der Waals surface area contributed by atoms with E-state index in [0.29, 0.717) is 18.3 Å². The summed E-state index contributed by atoms with van der Waals surface area (Å²) in [6.07, 6.45) is 2.65. The molecule has 0 bridgehead atoms. The first kappa shape index (κ1) is 13.2. The Morgan fingerprint density at radius 1 is 1.69 bits per heavy atom. The lowest BCUT2D eigenvalue weighted by molar-refractivity contribution is 0.0897. The average Bonchev–Trinajstić information content (AvgIpc) is 2.91. The minimum atomic E-state index is 0. The van der Waals surface area contributed by atoms with Crippen LogP contribution in [0.1, 0.15) is 17.0 Å². The smallest absolute Gasteiger partial charge is 0.211 e. The van der Waals surface area contributed by atoms with Crippen LogP contribution in [0.2, 0.25) is 0 Å². The summed E-state index contributed by atoms with van der Waals surface area (Å²) < 4.78 is 5.07. The van der Waals surface area contributed by atoms with Gasteiger partial charge in [-0.3, -0.25) is 9.69 Å². The van der Waals surface area contributed by atoms with Crippen LogP contribution in [0.3, 0.4) is 0 Å². The number of nitrogens with one attached hydrogen (secondary N) is 1. The van der Waals surface area contributed by atoms with Gasteiger partial charge < -0.3 is 9.73 Å². The molecule has 1 atom stereocenters. The Bertz CT molecular complexity index is 321. The maximum Gasteiger partial charge on any atom is 0.211 e. The van der Waals surface area contributed by atoms with Crippen molar-refractivity contribution in [3.05, 3.63) is 24.2 Å². The molecule has 90 valence electrons. The Labute approximate surface area is 101 Å². The van der Waals surface area contributed by atoms with E-state index in [0.717, 1.165) is 19.5 Å². The minimum Gasteiger partial charge on any atom is -0.461 e. The molecule has 0 spiro atoms. The highest BCUT2D eigenvalue weighted by Crippen LogP contribution is 2.08. The molecule has 0 aromatic carbocycles. The van der Waals surface area contributed by atoms with Crippen LogP contribution in [-0.2, 0) is 0 Å². The van der Waals surface area contributed by atoms with Gasteiger partial charge in [-0.1, -0.05) is 0 Å². The zero-order chi connectivity index (χ0) is 10.7. The zero-order valence-electron chi connectivity index (χ0n) is 9.31. The van der Waals surface area contributed by atoms with E-state index in [2.05, 4.69) is 10.2 Å². The fourth-order valence-electron chi connectivity index (χ4n) is 1.89. The van der Waals surface area contributed by atoms with Gasteiger partial charge in [-0.25, -0.2) is 0 Å². The van der Waals surface area contributed by atoms with Crippen LogP contribution in [0.15, 0.2) is 22.8 Å². The van der Waals surface area contributed by atoms with E-state index < -0.39 is 0 Å². The van der Waals surface area contributed by atoms with Gasteiger partial charge in [-0.15, -0.1) is 12.4 Å². The normalized spacial score (nSPS) is 19.8. The Hall–Kier alpha value is -0.840. The Balaban J connectivity index is 0.00000128. The summed E-state index contributed by atoms with van der Waals surface area (Å²) in [5, 5.41) is 3.28. The van der Waals surface area contributed by atoms with Gasteiger partial charge in [-0.05, 0) is 32.1 Å². The second-order valence-corrected chi connectivity index (χ2v) is 3.96. The number of carbonyl (C=O) groups is 1. The van der Waals surface area contributed by atoms with E-state index in [4.69, 9.17) is 4.42 Å². The molecule has 1 saturated heterocycles. The summed E-state index contributed by atoms with van der Waals surface area (Å²) in [5.74, 6) is 0.502. The maximum atomic E-state index is 11.7. The lowest BCUT2D eigenvalue weighted by atomic mass is 10.2. The van der Waals surface area contributed by atoms with E-state index in [-0.39, 0.29) is 18.2 Å². The topological polar surface area (TPSA) is 45.5 Å². The summed E-state index contributed by atoms with van der Waals surface area (Å²) in [4.78, 5) is 13.8. The molecule has 2 heterocycles. The molecule has 1 aliphatic rings. The molecule has 1 fully saturated rings. The van der Waals surface area contributed by atoms with Gasteiger partial charge in [0.1, 0.15) is 0 Å². The van der Waals surface area contributed by atoms with Crippen molar-refractivity contribution in [2.75, 3.05) is 26.7 Å². The number of rotatable bonds is 4. The molecule has 0 unspecified atom stereocenters. The largest absolute Gasteiger partial charge is 0.461 e. The quantitative estimate of drug-likeness (QED) is 0.808. The van der Waals surface area contributed by atoms with Gasteiger partial charge in [0, 0.05) is 12.6 Å². The van der Waals surface area contributed by atoms with E-state index in [1.54, 1.807) is 12.1 Å². The van der Waals surface area contributed by atoms with Gasteiger partial charge in [0.05, 0.1) is 12.8 Å². The average molecular weight is 245 g/mol. The molecule has 1 aliphatic heterocycles. The number of carbonyl (C=O) groups excluding carboxylic acids is 1. The van der Waals surface area contributed by atoms with Crippen molar-refractivity contribution >= 4 is 18.2 Å². The number of Topliss-reactive ketones (excluding diaryl/α,β-unsaturated/α-hetero) is 1. The van der Waals surface area contributed by atoms with Crippen molar-refractivity contribution in [2.24, 2.45) is 0 Å². The van der Waals surface area contributed by atoms with E-state index in [1.807, 2.05) is 7.05 Å². The monoisotopic (exact) mass is 244 g/mol. The molecule has 1 aromatic rings. The van der Waals surface area contributed by atoms with Crippen molar-refractivity contribution in [2.45, 2.75) is 12.5 Å². The number of hydrogen-bond donors (Lipinski definition) is 1. The van der Waals surface area contributed by atoms with Crippen molar-refractivity contribution in [3.63, 3.8) is 0 Å². The number of halogens is 1. The Morgan fingerprint density at radius 3 is 3.06 bits per heavy atom. The van der Waals surface area contributed by atoms with Crippen LogP contribution in [-0.4, -0.2) is 43.4 Å². The number of hydrogen-bond acceptors (Lipinski definition) is 4. The predicted octanol–water partition coefficient (Wildman–Crippen LogP) is 1.18. The first-order valence-electron chi connectivity index (χ1n) is 5.25. The van der Waals surface area contributed by atoms with E-state index in [9.17, 15) is 4.79 Å². The highest BCUT2D eigenvalue weighted by atomic mass is 35.5. The lowest BCUT2D eigenvalue weighted by Gasteiger charge is -2.21. The third kappa shape index (κ3) is 3.07. The summed E-state index contributed by atoms with van der Waals surface area (Å²) in [7, 11) is 1.98. The SMILES string of the molecule is CN(CC(=O)c1ccco1)[C@H]1CCNC1.Cl. The summed E-state index contributed by atoms with van der Waals surface area (Å²) >= 11 is 0. The molecular formula is C11H17ClN2O2. The lowest BCUT2D eigenvalue weighted by Crippen LogP contribution is -2.37. The van der Waals surface area contributed by atoms with Gasteiger partial charge in [0.25, 0.3) is 0 Å². The molecular weight excluding hydrogens is 228 g/mol. The summed E-state index contributed by atoms with van der Waals surface area (Å²) in [6.45, 7) is 2.45. The van der Waals surface area contributed by atoms with Crippen LogP contribution in [0.4, 0.5) is 0 Å². The molecule has 1 aromatic heterocycles. The van der Waals surface area contributed by atoms with Crippen LogP contribution in [0.5, 0.6) is 0 Å². The van der Waals surface area contributed by atoms with Gasteiger partial charge in [0.2, 0.25) is 5.78 Å². The van der Waals surface area contributed by atoms with Crippen molar-refractivity contribution in [3.8, 4) is 0 Å². The molecule has 2 rings (SSSR count). The molecule has 4 nitrogen and oxygen atoms in total. The van der Waals surface area contributed by atoms with Gasteiger partial charge >= 0.3 is 0 Å². The molecule has 0 saturated carbocycles. The van der Waals surface area contributed by atoms with E-state index in [1.165, 1.54) is 6.26 Å². The van der Waals surface area contributed by atoms with Crippen molar-refractivity contribution in [1.82, 2.24) is 10.2 Å². The first-order chi connectivity index (χ1) is 7.27. The standard InChI is InChI=1S/C11H16N2O2.ClH/c1-13(9-4-5-12-7-9)8-10(14)11-3-2-6-15-11;/h2-3,6,9,12H,4-5,7-8H2,1H3;1H/t9-;/m0./s1. The van der Waals surface area contributed by atoms with Crippen LogP contribution < -0.4 is 5.32 Å². The van der Waals surface area contributed by atoms with Crippen LogP contribution >= 0.6 is 12.4 Å². The molecule has 0 aliphatic carbocycles. The second-order valence-electron chi connectivity index (χ2n) is 3.96. The zero-order valence-corrected chi connectivity index (χ0v) is 10.1. The predicted molar refractivity (Wildman–Crippen MR) is 64.2 cm³/mol. The highest BCUT2D eigenvalue weighted by Gasteiger charge is 2.21. The van der Waals surface area contributed by atoms with Crippen LogP contribution in [0, 0.1) is 0 Å². The molecule has 16 heavy (non-hydrogen) atoms. The molecule has 1 N–H and O–H groups in total. The number of ketones is 1. The molecule has 0 amide bonds. The third-order valence-electron chi connectivity index (χ3n) is 2.85. The number of furan rings is 1. The second kappa shape index (κ2) is 6.03. The first-order valence-corrected chi connectivity index (χ1v) is 5.25. The van der Waals surface area contributed by atoms with Gasteiger partial charge in [0.15, 0.2) is 5.76 Å².